The molecule has 1 heterocycles. The summed E-state index contributed by atoms with van der Waals surface area (Å²) < 4.78 is 1.91. The predicted molar refractivity (Wildman–Crippen MR) is 57.3 cm³/mol. The van der Waals surface area contributed by atoms with Crippen LogP contribution in [-0.4, -0.2) is 9.55 Å². The first-order chi connectivity index (χ1) is 6.75. The lowest BCUT2D eigenvalue weighted by Crippen LogP contribution is -1.98. The average Bonchev–Trinajstić information content (AvgIpc) is 2.56. The van der Waals surface area contributed by atoms with Crippen molar-refractivity contribution in [2.24, 2.45) is 7.05 Å². The maximum atomic E-state index is 5.58. The Morgan fingerprint density at radius 3 is 2.57 bits per heavy atom. The zero-order valence-corrected chi connectivity index (χ0v) is 7.94. The van der Waals surface area contributed by atoms with Crippen LogP contribution in [0.5, 0.6) is 0 Å². The third-order valence-corrected chi connectivity index (χ3v) is 1.99. The van der Waals surface area contributed by atoms with Gasteiger partial charge in [-0.3, -0.25) is 0 Å². The number of aryl methyl sites for hydroxylation is 1. The summed E-state index contributed by atoms with van der Waals surface area (Å²) in [5.41, 5.74) is 7.32. The molecule has 4 nitrogen and oxygen atoms in total. The van der Waals surface area contributed by atoms with Crippen LogP contribution in [0.3, 0.4) is 0 Å². The van der Waals surface area contributed by atoms with Crippen LogP contribution in [0, 0.1) is 0 Å². The summed E-state index contributed by atoms with van der Waals surface area (Å²) >= 11 is 0. The zero-order valence-electron chi connectivity index (χ0n) is 7.94. The first-order valence-electron chi connectivity index (χ1n) is 4.35. The first-order valence-corrected chi connectivity index (χ1v) is 4.35. The summed E-state index contributed by atoms with van der Waals surface area (Å²) in [6.45, 7) is 0. The largest absolute Gasteiger partial charge is 0.399 e. The van der Waals surface area contributed by atoms with Crippen molar-refractivity contribution in [1.29, 1.82) is 0 Å². The molecular weight excluding hydrogens is 176 g/mol. The Labute approximate surface area is 82.4 Å². The molecule has 0 radical (unpaired) electrons. The standard InChI is InChI=1S/C10H12N4/c1-14-7-6-12-10(14)13-9-4-2-8(11)3-5-9/h2-7H,11H2,1H3,(H,12,13). The third kappa shape index (κ3) is 1.69. The van der Waals surface area contributed by atoms with Gasteiger partial charge in [-0.25, -0.2) is 4.98 Å². The Morgan fingerprint density at radius 1 is 1.29 bits per heavy atom. The van der Waals surface area contributed by atoms with Gasteiger partial charge in [0.25, 0.3) is 0 Å². The second-order valence-electron chi connectivity index (χ2n) is 3.11. The van der Waals surface area contributed by atoms with Crippen LogP contribution >= 0.6 is 0 Å². The van der Waals surface area contributed by atoms with Crippen LogP contribution in [0.2, 0.25) is 0 Å². The summed E-state index contributed by atoms with van der Waals surface area (Å²) in [6.07, 6.45) is 3.64. The summed E-state index contributed by atoms with van der Waals surface area (Å²) in [4.78, 5) is 4.15. The van der Waals surface area contributed by atoms with Crippen molar-refractivity contribution in [3.63, 3.8) is 0 Å². The molecule has 0 atom stereocenters. The molecule has 0 amide bonds. The van der Waals surface area contributed by atoms with Gasteiger partial charge < -0.3 is 15.6 Å². The molecule has 0 saturated carbocycles. The number of aromatic nitrogens is 2. The fourth-order valence-electron chi connectivity index (χ4n) is 1.18. The molecule has 2 rings (SSSR count). The summed E-state index contributed by atoms with van der Waals surface area (Å²) in [5.74, 6) is 0.815. The highest BCUT2D eigenvalue weighted by Gasteiger charge is 1.98. The van der Waals surface area contributed by atoms with Crippen LogP contribution in [-0.2, 0) is 7.05 Å². The van der Waals surface area contributed by atoms with Gasteiger partial charge in [-0.15, -0.1) is 0 Å². The van der Waals surface area contributed by atoms with Crippen LogP contribution in [0.25, 0.3) is 0 Å². The van der Waals surface area contributed by atoms with Gasteiger partial charge in [0.05, 0.1) is 0 Å². The lowest BCUT2D eigenvalue weighted by Gasteiger charge is -2.05. The smallest absolute Gasteiger partial charge is 0.207 e. The highest BCUT2D eigenvalue weighted by atomic mass is 15.2. The zero-order chi connectivity index (χ0) is 9.97. The molecule has 0 spiro atoms. The maximum Gasteiger partial charge on any atom is 0.207 e. The van der Waals surface area contributed by atoms with E-state index in [1.165, 1.54) is 0 Å². The van der Waals surface area contributed by atoms with Crippen molar-refractivity contribution in [2.45, 2.75) is 0 Å². The molecule has 0 fully saturated rings. The van der Waals surface area contributed by atoms with Crippen molar-refractivity contribution >= 4 is 17.3 Å². The molecule has 0 bridgehead atoms. The molecule has 0 aliphatic rings. The van der Waals surface area contributed by atoms with E-state index < -0.39 is 0 Å². The van der Waals surface area contributed by atoms with Gasteiger partial charge in [-0.2, -0.15) is 0 Å². The lowest BCUT2D eigenvalue weighted by atomic mass is 10.3. The van der Waals surface area contributed by atoms with E-state index in [-0.39, 0.29) is 0 Å². The quantitative estimate of drug-likeness (QED) is 0.706. The Hall–Kier alpha value is -1.97. The van der Waals surface area contributed by atoms with E-state index >= 15 is 0 Å². The lowest BCUT2D eigenvalue weighted by molar-refractivity contribution is 0.924. The minimum Gasteiger partial charge on any atom is -0.399 e. The van der Waals surface area contributed by atoms with Crippen molar-refractivity contribution in [3.8, 4) is 0 Å². The molecule has 0 aliphatic heterocycles. The molecule has 1 aromatic carbocycles. The summed E-state index contributed by atoms with van der Waals surface area (Å²) in [5, 5.41) is 3.18. The van der Waals surface area contributed by atoms with E-state index in [0.717, 1.165) is 17.3 Å². The second kappa shape index (κ2) is 3.41. The van der Waals surface area contributed by atoms with Gasteiger partial charge in [0, 0.05) is 30.8 Å². The number of nitrogens with one attached hydrogen (secondary N) is 1. The van der Waals surface area contributed by atoms with Gasteiger partial charge in [0.2, 0.25) is 5.95 Å². The van der Waals surface area contributed by atoms with Gasteiger partial charge in [0.15, 0.2) is 0 Å². The van der Waals surface area contributed by atoms with Gasteiger partial charge >= 0.3 is 0 Å². The highest BCUT2D eigenvalue weighted by Crippen LogP contribution is 2.15. The molecule has 14 heavy (non-hydrogen) atoms. The minimum absolute atomic E-state index is 0.760. The fraction of sp³-hybridized carbons (Fsp3) is 0.100. The molecule has 3 N–H and O–H groups in total. The van der Waals surface area contributed by atoms with Crippen LogP contribution in [0.15, 0.2) is 36.7 Å². The second-order valence-corrected chi connectivity index (χ2v) is 3.11. The third-order valence-electron chi connectivity index (χ3n) is 1.99. The first kappa shape index (κ1) is 8.62. The number of hydrogen-bond acceptors (Lipinski definition) is 3. The topological polar surface area (TPSA) is 55.9 Å². The molecular formula is C10H12N4. The molecule has 4 heteroatoms. The molecule has 2 aromatic rings. The Morgan fingerprint density at radius 2 is 2.00 bits per heavy atom. The van der Waals surface area contributed by atoms with Crippen LogP contribution in [0.4, 0.5) is 17.3 Å². The van der Waals surface area contributed by atoms with E-state index in [9.17, 15) is 0 Å². The number of hydrogen-bond donors (Lipinski definition) is 2. The monoisotopic (exact) mass is 188 g/mol. The number of rotatable bonds is 2. The number of anilines is 3. The molecule has 1 aromatic heterocycles. The van der Waals surface area contributed by atoms with Crippen molar-refractivity contribution < 1.29 is 0 Å². The number of nitrogen functional groups attached to an aromatic ring is 1. The van der Waals surface area contributed by atoms with Crippen LogP contribution < -0.4 is 11.1 Å². The van der Waals surface area contributed by atoms with Gasteiger partial charge in [-0.05, 0) is 24.3 Å². The number of nitrogens with zero attached hydrogens (tertiary/aromatic N) is 2. The van der Waals surface area contributed by atoms with E-state index in [2.05, 4.69) is 10.3 Å². The van der Waals surface area contributed by atoms with Crippen molar-refractivity contribution in [1.82, 2.24) is 9.55 Å². The Bertz CT molecular complexity index is 416. The average molecular weight is 188 g/mol. The number of nitrogens with two attached hydrogens (primary N) is 1. The normalized spacial score (nSPS) is 10.1. The molecule has 72 valence electrons. The van der Waals surface area contributed by atoms with Crippen LogP contribution in [0.1, 0.15) is 0 Å². The number of imidazole rings is 1. The fourth-order valence-corrected chi connectivity index (χ4v) is 1.18. The molecule has 0 unspecified atom stereocenters. The van der Waals surface area contributed by atoms with E-state index in [1.54, 1.807) is 6.20 Å². The van der Waals surface area contributed by atoms with E-state index in [4.69, 9.17) is 5.73 Å². The minimum atomic E-state index is 0.760. The van der Waals surface area contributed by atoms with E-state index in [1.807, 2.05) is 42.1 Å². The van der Waals surface area contributed by atoms with Gasteiger partial charge in [-0.1, -0.05) is 0 Å². The number of benzene rings is 1. The van der Waals surface area contributed by atoms with E-state index in [0.29, 0.717) is 0 Å². The van der Waals surface area contributed by atoms with Gasteiger partial charge in [0.1, 0.15) is 0 Å². The Balaban J connectivity index is 2.19. The van der Waals surface area contributed by atoms with Crippen molar-refractivity contribution in [3.05, 3.63) is 36.7 Å². The maximum absolute atomic E-state index is 5.58. The predicted octanol–water partition coefficient (Wildman–Crippen LogP) is 1.75. The SMILES string of the molecule is Cn1ccnc1Nc1ccc(N)cc1. The highest BCUT2D eigenvalue weighted by molar-refractivity contribution is 5.57. The summed E-state index contributed by atoms with van der Waals surface area (Å²) in [7, 11) is 1.94. The Kier molecular flexibility index (Phi) is 2.10. The molecule has 0 saturated heterocycles. The summed E-state index contributed by atoms with van der Waals surface area (Å²) in [6, 6.07) is 7.55. The molecule has 0 aliphatic carbocycles. The van der Waals surface area contributed by atoms with Crippen molar-refractivity contribution in [2.75, 3.05) is 11.1 Å².